The summed E-state index contributed by atoms with van der Waals surface area (Å²) in [5, 5.41) is 6.14. The highest BCUT2D eigenvalue weighted by molar-refractivity contribution is 5.92. The van der Waals surface area contributed by atoms with E-state index in [2.05, 4.69) is 29.0 Å². The zero-order valence-electron chi connectivity index (χ0n) is 12.2. The fraction of sp³-hybridized carbons (Fsp3) is 0.312. The fourth-order valence-corrected chi connectivity index (χ4v) is 2.39. The molecule has 0 unspecified atom stereocenters. The third-order valence-electron chi connectivity index (χ3n) is 3.37. The molecular formula is C16H18N4O. The summed E-state index contributed by atoms with van der Waals surface area (Å²) in [6, 6.07) is 9.73. The van der Waals surface area contributed by atoms with E-state index in [0.717, 1.165) is 22.9 Å². The van der Waals surface area contributed by atoms with E-state index in [9.17, 15) is 0 Å². The van der Waals surface area contributed by atoms with Crippen LogP contribution in [0.1, 0.15) is 32.2 Å². The van der Waals surface area contributed by atoms with E-state index in [1.165, 1.54) is 0 Å². The van der Waals surface area contributed by atoms with Crippen molar-refractivity contribution in [3.63, 3.8) is 0 Å². The predicted molar refractivity (Wildman–Crippen MR) is 81.4 cm³/mol. The number of nitrogens with two attached hydrogens (primary N) is 1. The molecule has 2 heterocycles. The molecule has 21 heavy (non-hydrogen) atoms. The van der Waals surface area contributed by atoms with Gasteiger partial charge in [-0.2, -0.15) is 4.98 Å². The Balaban J connectivity index is 1.99. The summed E-state index contributed by atoms with van der Waals surface area (Å²) in [7, 11) is 0. The number of fused-ring (bicyclic) bond motifs is 1. The van der Waals surface area contributed by atoms with Gasteiger partial charge in [0.2, 0.25) is 11.7 Å². The Hall–Kier alpha value is -2.27. The first-order valence-corrected chi connectivity index (χ1v) is 7.08. The van der Waals surface area contributed by atoms with Gasteiger partial charge in [0.15, 0.2) is 0 Å². The molecule has 0 saturated heterocycles. The molecule has 0 aliphatic heterocycles. The number of benzene rings is 1. The van der Waals surface area contributed by atoms with Crippen LogP contribution in [-0.2, 0) is 0 Å². The van der Waals surface area contributed by atoms with Gasteiger partial charge in [-0.3, -0.25) is 4.98 Å². The van der Waals surface area contributed by atoms with Crippen LogP contribution in [0.3, 0.4) is 0 Å². The average Bonchev–Trinajstić information content (AvgIpc) is 2.95. The monoisotopic (exact) mass is 282 g/mol. The molecule has 0 bridgehead atoms. The third-order valence-corrected chi connectivity index (χ3v) is 3.37. The normalized spacial score (nSPS) is 13.0. The second-order valence-corrected chi connectivity index (χ2v) is 5.57. The van der Waals surface area contributed by atoms with Gasteiger partial charge in [-0.05, 0) is 23.8 Å². The Labute approximate surface area is 123 Å². The molecule has 1 atom stereocenters. The van der Waals surface area contributed by atoms with Gasteiger partial charge in [0.25, 0.3) is 0 Å². The zero-order valence-corrected chi connectivity index (χ0v) is 12.2. The lowest BCUT2D eigenvalue weighted by molar-refractivity contribution is 0.335. The van der Waals surface area contributed by atoms with Gasteiger partial charge in [0.1, 0.15) is 5.69 Å². The quantitative estimate of drug-likeness (QED) is 0.794. The van der Waals surface area contributed by atoms with E-state index in [1.807, 2.05) is 30.3 Å². The lowest BCUT2D eigenvalue weighted by atomic mass is 10.0. The third kappa shape index (κ3) is 2.78. The van der Waals surface area contributed by atoms with Gasteiger partial charge >= 0.3 is 0 Å². The highest BCUT2D eigenvalue weighted by atomic mass is 16.5. The first-order valence-electron chi connectivity index (χ1n) is 7.08. The van der Waals surface area contributed by atoms with Gasteiger partial charge in [-0.1, -0.05) is 43.3 Å². The Kier molecular flexibility index (Phi) is 3.66. The Bertz CT molecular complexity index is 745. The predicted octanol–water partition coefficient (Wildman–Crippen LogP) is 3.33. The van der Waals surface area contributed by atoms with E-state index in [4.69, 9.17) is 10.3 Å². The molecule has 0 spiro atoms. The van der Waals surface area contributed by atoms with Crippen LogP contribution < -0.4 is 5.73 Å². The molecule has 0 radical (unpaired) electrons. The lowest BCUT2D eigenvalue weighted by Gasteiger charge is -2.08. The van der Waals surface area contributed by atoms with Crippen molar-refractivity contribution >= 4 is 10.8 Å². The number of nitrogens with zero attached hydrogens (tertiary/aromatic N) is 3. The highest BCUT2D eigenvalue weighted by Crippen LogP contribution is 2.25. The standard InChI is InChI=1S/C16H18N4O/c1-10(2)9-13(17)16-19-15(20-21-16)14-12-6-4-3-5-11(12)7-8-18-14/h3-8,10,13H,9,17H2,1-2H3/t13-/m0/s1. The molecule has 0 amide bonds. The van der Waals surface area contributed by atoms with E-state index in [0.29, 0.717) is 17.6 Å². The van der Waals surface area contributed by atoms with Gasteiger partial charge in [0.05, 0.1) is 6.04 Å². The Morgan fingerprint density at radius 1 is 1.19 bits per heavy atom. The van der Waals surface area contributed by atoms with Crippen LogP contribution in [0.25, 0.3) is 22.3 Å². The van der Waals surface area contributed by atoms with E-state index < -0.39 is 0 Å². The minimum Gasteiger partial charge on any atom is -0.337 e. The number of pyridine rings is 1. The molecule has 5 heteroatoms. The zero-order chi connectivity index (χ0) is 14.8. The maximum atomic E-state index is 6.08. The smallest absolute Gasteiger partial charge is 0.243 e. The van der Waals surface area contributed by atoms with E-state index in [1.54, 1.807) is 6.20 Å². The molecule has 0 aliphatic rings. The number of hydrogen-bond acceptors (Lipinski definition) is 5. The summed E-state index contributed by atoms with van der Waals surface area (Å²) in [4.78, 5) is 8.80. The maximum absolute atomic E-state index is 6.08. The van der Waals surface area contributed by atoms with Gasteiger partial charge in [-0.15, -0.1) is 0 Å². The molecule has 2 N–H and O–H groups in total. The number of hydrogen-bond donors (Lipinski definition) is 1. The van der Waals surface area contributed by atoms with Gasteiger partial charge in [0, 0.05) is 11.6 Å². The van der Waals surface area contributed by atoms with Crippen LogP contribution in [0.5, 0.6) is 0 Å². The topological polar surface area (TPSA) is 77.8 Å². The Morgan fingerprint density at radius 2 is 2.00 bits per heavy atom. The summed E-state index contributed by atoms with van der Waals surface area (Å²) in [5.41, 5.74) is 6.81. The molecule has 108 valence electrons. The summed E-state index contributed by atoms with van der Waals surface area (Å²) < 4.78 is 5.30. The fourth-order valence-electron chi connectivity index (χ4n) is 2.39. The minimum atomic E-state index is -0.235. The molecule has 3 rings (SSSR count). The summed E-state index contributed by atoms with van der Waals surface area (Å²) in [5.74, 6) is 1.43. The van der Waals surface area contributed by atoms with Crippen LogP contribution in [0.4, 0.5) is 0 Å². The largest absolute Gasteiger partial charge is 0.337 e. The van der Waals surface area contributed by atoms with Gasteiger partial charge < -0.3 is 10.3 Å². The van der Waals surface area contributed by atoms with Crippen LogP contribution in [0, 0.1) is 5.92 Å². The molecular weight excluding hydrogens is 264 g/mol. The molecule has 0 saturated carbocycles. The second-order valence-electron chi connectivity index (χ2n) is 5.57. The minimum absolute atomic E-state index is 0.235. The maximum Gasteiger partial charge on any atom is 0.243 e. The summed E-state index contributed by atoms with van der Waals surface area (Å²) in [6.45, 7) is 4.23. The highest BCUT2D eigenvalue weighted by Gasteiger charge is 2.18. The lowest BCUT2D eigenvalue weighted by Crippen LogP contribution is -2.13. The second kappa shape index (κ2) is 5.61. The Morgan fingerprint density at radius 3 is 2.81 bits per heavy atom. The molecule has 0 aliphatic carbocycles. The van der Waals surface area contributed by atoms with Crippen molar-refractivity contribution in [3.05, 3.63) is 42.4 Å². The molecule has 2 aromatic heterocycles. The van der Waals surface area contributed by atoms with Crippen molar-refractivity contribution in [1.82, 2.24) is 15.1 Å². The van der Waals surface area contributed by atoms with E-state index >= 15 is 0 Å². The molecule has 0 fully saturated rings. The van der Waals surface area contributed by atoms with Crippen molar-refractivity contribution in [2.45, 2.75) is 26.3 Å². The summed E-state index contributed by atoms with van der Waals surface area (Å²) in [6.07, 6.45) is 2.56. The van der Waals surface area contributed by atoms with Crippen LogP contribution in [0.15, 0.2) is 41.1 Å². The number of rotatable bonds is 4. The number of aromatic nitrogens is 3. The molecule has 1 aromatic carbocycles. The SMILES string of the molecule is CC(C)C[C@H](N)c1nc(-c2nccc3ccccc23)no1. The van der Waals surface area contributed by atoms with Gasteiger partial charge in [-0.25, -0.2) is 0 Å². The van der Waals surface area contributed by atoms with Crippen LogP contribution in [-0.4, -0.2) is 15.1 Å². The molecule has 5 nitrogen and oxygen atoms in total. The summed E-state index contributed by atoms with van der Waals surface area (Å²) >= 11 is 0. The van der Waals surface area contributed by atoms with E-state index in [-0.39, 0.29) is 6.04 Å². The first kappa shape index (κ1) is 13.7. The van der Waals surface area contributed by atoms with Crippen molar-refractivity contribution in [2.75, 3.05) is 0 Å². The average molecular weight is 282 g/mol. The van der Waals surface area contributed by atoms with Crippen molar-refractivity contribution in [3.8, 4) is 11.5 Å². The molecule has 3 aromatic rings. The van der Waals surface area contributed by atoms with Crippen molar-refractivity contribution < 1.29 is 4.52 Å². The first-order chi connectivity index (χ1) is 10.1. The van der Waals surface area contributed by atoms with Crippen molar-refractivity contribution in [1.29, 1.82) is 0 Å². The van der Waals surface area contributed by atoms with Crippen LogP contribution >= 0.6 is 0 Å². The van der Waals surface area contributed by atoms with Crippen molar-refractivity contribution in [2.24, 2.45) is 11.7 Å². The van der Waals surface area contributed by atoms with Crippen LogP contribution in [0.2, 0.25) is 0 Å².